The van der Waals surface area contributed by atoms with Gasteiger partial charge in [-0.1, -0.05) is 13.0 Å². The second-order valence-corrected chi connectivity index (χ2v) is 4.58. The van der Waals surface area contributed by atoms with Crippen molar-refractivity contribution in [1.82, 2.24) is 9.55 Å². The average Bonchev–Trinajstić information content (AvgIpc) is 2.71. The minimum Gasteiger partial charge on any atom is -0.321 e. The molecule has 0 aliphatic carbocycles. The van der Waals surface area contributed by atoms with E-state index in [4.69, 9.17) is 0 Å². The lowest BCUT2D eigenvalue weighted by Gasteiger charge is -2.11. The SMILES string of the molecule is CCCn1cc(C)nc1Nc1c(F)ccc(C)c1F. The summed E-state index contributed by atoms with van der Waals surface area (Å²) in [6.45, 7) is 6.23. The number of anilines is 2. The second-order valence-electron chi connectivity index (χ2n) is 4.58. The van der Waals surface area contributed by atoms with E-state index < -0.39 is 11.6 Å². The van der Waals surface area contributed by atoms with Crippen molar-refractivity contribution in [1.29, 1.82) is 0 Å². The van der Waals surface area contributed by atoms with Gasteiger partial charge < -0.3 is 9.88 Å². The van der Waals surface area contributed by atoms with Gasteiger partial charge in [-0.2, -0.15) is 0 Å². The first-order valence-electron chi connectivity index (χ1n) is 6.28. The smallest absolute Gasteiger partial charge is 0.207 e. The maximum absolute atomic E-state index is 13.9. The molecule has 0 aliphatic rings. The van der Waals surface area contributed by atoms with Crippen molar-refractivity contribution in [3.8, 4) is 0 Å². The van der Waals surface area contributed by atoms with E-state index in [0.29, 0.717) is 11.5 Å². The maximum Gasteiger partial charge on any atom is 0.207 e. The summed E-state index contributed by atoms with van der Waals surface area (Å²) in [4.78, 5) is 4.25. The van der Waals surface area contributed by atoms with Crippen LogP contribution in [0.25, 0.3) is 0 Å². The van der Waals surface area contributed by atoms with Crippen LogP contribution in [0.15, 0.2) is 18.3 Å². The largest absolute Gasteiger partial charge is 0.321 e. The zero-order chi connectivity index (χ0) is 14.0. The van der Waals surface area contributed by atoms with Crippen LogP contribution in [-0.4, -0.2) is 9.55 Å². The Morgan fingerprint density at radius 2 is 2.00 bits per heavy atom. The van der Waals surface area contributed by atoms with Gasteiger partial charge in [0, 0.05) is 12.7 Å². The van der Waals surface area contributed by atoms with Gasteiger partial charge in [-0.25, -0.2) is 13.8 Å². The van der Waals surface area contributed by atoms with E-state index in [1.165, 1.54) is 12.1 Å². The molecule has 0 radical (unpaired) electrons. The molecule has 1 N–H and O–H groups in total. The van der Waals surface area contributed by atoms with Gasteiger partial charge in [-0.05, 0) is 31.9 Å². The molecular weight excluding hydrogens is 248 g/mol. The zero-order valence-corrected chi connectivity index (χ0v) is 11.3. The molecule has 1 aromatic carbocycles. The highest BCUT2D eigenvalue weighted by molar-refractivity contribution is 5.57. The van der Waals surface area contributed by atoms with Crippen molar-refractivity contribution in [2.24, 2.45) is 0 Å². The predicted molar refractivity (Wildman–Crippen MR) is 71.6 cm³/mol. The number of imidazole rings is 1. The summed E-state index contributed by atoms with van der Waals surface area (Å²) in [5.41, 5.74) is 1.06. The van der Waals surface area contributed by atoms with Crippen LogP contribution in [0.3, 0.4) is 0 Å². The van der Waals surface area contributed by atoms with Gasteiger partial charge in [0.05, 0.1) is 5.69 Å². The number of aromatic nitrogens is 2. The fourth-order valence-electron chi connectivity index (χ4n) is 1.94. The van der Waals surface area contributed by atoms with E-state index in [1.807, 2.05) is 24.6 Å². The number of nitrogens with zero attached hydrogens (tertiary/aromatic N) is 2. The van der Waals surface area contributed by atoms with Crippen molar-refractivity contribution in [2.75, 3.05) is 5.32 Å². The van der Waals surface area contributed by atoms with Crippen molar-refractivity contribution in [2.45, 2.75) is 33.7 Å². The molecule has 0 aliphatic heterocycles. The molecule has 0 fully saturated rings. The molecule has 2 aromatic rings. The lowest BCUT2D eigenvalue weighted by atomic mass is 10.2. The highest BCUT2D eigenvalue weighted by Crippen LogP contribution is 2.25. The average molecular weight is 265 g/mol. The van der Waals surface area contributed by atoms with Crippen LogP contribution in [-0.2, 0) is 6.54 Å². The number of nitrogens with one attached hydrogen (secondary N) is 1. The van der Waals surface area contributed by atoms with Crippen molar-refractivity contribution >= 4 is 11.6 Å². The van der Waals surface area contributed by atoms with Crippen LogP contribution >= 0.6 is 0 Å². The molecule has 3 nitrogen and oxygen atoms in total. The minimum atomic E-state index is -0.619. The lowest BCUT2D eigenvalue weighted by molar-refractivity contribution is 0.583. The quantitative estimate of drug-likeness (QED) is 0.907. The first kappa shape index (κ1) is 13.5. The van der Waals surface area contributed by atoms with E-state index >= 15 is 0 Å². The van der Waals surface area contributed by atoms with Gasteiger partial charge in [-0.15, -0.1) is 0 Å². The fourth-order valence-corrected chi connectivity index (χ4v) is 1.94. The molecule has 0 spiro atoms. The highest BCUT2D eigenvalue weighted by Gasteiger charge is 2.14. The van der Waals surface area contributed by atoms with E-state index in [-0.39, 0.29) is 5.69 Å². The lowest BCUT2D eigenvalue weighted by Crippen LogP contribution is -2.06. The van der Waals surface area contributed by atoms with Crippen LogP contribution in [0.2, 0.25) is 0 Å². The number of benzene rings is 1. The Bertz CT molecular complexity index is 591. The molecule has 0 unspecified atom stereocenters. The number of hydrogen-bond acceptors (Lipinski definition) is 2. The van der Waals surface area contributed by atoms with E-state index in [9.17, 15) is 8.78 Å². The maximum atomic E-state index is 13.9. The molecule has 0 atom stereocenters. The molecule has 1 aromatic heterocycles. The second kappa shape index (κ2) is 5.38. The summed E-state index contributed by atoms with van der Waals surface area (Å²) in [6, 6.07) is 2.67. The van der Waals surface area contributed by atoms with Crippen LogP contribution in [0.5, 0.6) is 0 Å². The van der Waals surface area contributed by atoms with E-state index in [2.05, 4.69) is 10.3 Å². The molecule has 0 amide bonds. The van der Waals surface area contributed by atoms with Crippen molar-refractivity contribution < 1.29 is 8.78 Å². The third kappa shape index (κ3) is 2.75. The van der Waals surface area contributed by atoms with Crippen molar-refractivity contribution in [3.05, 3.63) is 41.2 Å². The molecule has 2 rings (SSSR count). The predicted octanol–water partition coefficient (Wildman–Crippen LogP) is 3.93. The highest BCUT2D eigenvalue weighted by atomic mass is 19.1. The van der Waals surface area contributed by atoms with Gasteiger partial charge in [0.1, 0.15) is 11.5 Å². The summed E-state index contributed by atoms with van der Waals surface area (Å²) in [6.07, 6.45) is 2.78. The van der Waals surface area contributed by atoms with Gasteiger partial charge in [0.25, 0.3) is 0 Å². The molecule has 0 saturated heterocycles. The number of rotatable bonds is 4. The summed E-state index contributed by atoms with van der Waals surface area (Å²) >= 11 is 0. The fraction of sp³-hybridized carbons (Fsp3) is 0.357. The Labute approximate surface area is 111 Å². The molecule has 1 heterocycles. The Morgan fingerprint density at radius 1 is 1.26 bits per heavy atom. The summed E-state index contributed by atoms with van der Waals surface area (Å²) in [5.74, 6) is -0.738. The topological polar surface area (TPSA) is 29.9 Å². The molecule has 19 heavy (non-hydrogen) atoms. The van der Waals surface area contributed by atoms with Crippen LogP contribution in [0.4, 0.5) is 20.4 Å². The Morgan fingerprint density at radius 3 is 2.68 bits per heavy atom. The summed E-state index contributed by atoms with van der Waals surface area (Å²) in [7, 11) is 0. The molecule has 0 saturated carbocycles. The number of aryl methyl sites for hydroxylation is 3. The third-order valence-corrected chi connectivity index (χ3v) is 2.88. The van der Waals surface area contributed by atoms with Crippen LogP contribution in [0, 0.1) is 25.5 Å². The molecule has 5 heteroatoms. The molecule has 0 bridgehead atoms. The van der Waals surface area contributed by atoms with Crippen LogP contribution in [0.1, 0.15) is 24.6 Å². The first-order valence-corrected chi connectivity index (χ1v) is 6.28. The molecular formula is C14H17F2N3. The summed E-state index contributed by atoms with van der Waals surface area (Å²) < 4.78 is 29.5. The monoisotopic (exact) mass is 265 g/mol. The Kier molecular flexibility index (Phi) is 3.83. The Hall–Kier alpha value is -1.91. The molecule has 102 valence electrons. The van der Waals surface area contributed by atoms with Gasteiger partial charge >= 0.3 is 0 Å². The van der Waals surface area contributed by atoms with E-state index in [0.717, 1.165) is 18.7 Å². The van der Waals surface area contributed by atoms with Crippen LogP contribution < -0.4 is 5.32 Å². The minimum absolute atomic E-state index is 0.150. The number of hydrogen-bond donors (Lipinski definition) is 1. The Balaban J connectivity index is 2.38. The zero-order valence-electron chi connectivity index (χ0n) is 11.3. The van der Waals surface area contributed by atoms with Gasteiger partial charge in [0.15, 0.2) is 5.82 Å². The summed E-state index contributed by atoms with van der Waals surface area (Å²) in [5, 5.41) is 2.76. The number of halogens is 2. The third-order valence-electron chi connectivity index (χ3n) is 2.88. The van der Waals surface area contributed by atoms with Crippen molar-refractivity contribution in [3.63, 3.8) is 0 Å². The first-order chi connectivity index (χ1) is 9.02. The standard InChI is InChI=1S/C14H17F2N3/c1-4-7-19-8-10(3)17-14(19)18-13-11(15)6-5-9(2)12(13)16/h5-6,8H,4,7H2,1-3H3,(H,17,18). The van der Waals surface area contributed by atoms with Gasteiger partial charge in [-0.3, -0.25) is 0 Å². The normalized spacial score (nSPS) is 10.8. The van der Waals surface area contributed by atoms with E-state index in [1.54, 1.807) is 6.92 Å². The van der Waals surface area contributed by atoms with Gasteiger partial charge in [0.2, 0.25) is 5.95 Å².